The lowest BCUT2D eigenvalue weighted by atomic mass is 10.2. The number of hydrogen-bond donors (Lipinski definition) is 0. The van der Waals surface area contributed by atoms with Gasteiger partial charge in [0.15, 0.2) is 0 Å². The minimum absolute atomic E-state index is 0.208. The van der Waals surface area contributed by atoms with E-state index >= 15 is 0 Å². The van der Waals surface area contributed by atoms with E-state index in [9.17, 15) is 12.8 Å². The molecular formula is C17H18BrFN2O3S. The van der Waals surface area contributed by atoms with E-state index < -0.39 is 10.0 Å². The Morgan fingerprint density at radius 1 is 1.08 bits per heavy atom. The molecule has 8 heteroatoms. The zero-order valence-electron chi connectivity index (χ0n) is 13.7. The van der Waals surface area contributed by atoms with Gasteiger partial charge in [-0.05, 0) is 46.3 Å². The molecule has 1 aliphatic rings. The first-order chi connectivity index (χ1) is 11.9. The summed E-state index contributed by atoms with van der Waals surface area (Å²) in [6.45, 7) is 1.50. The summed E-state index contributed by atoms with van der Waals surface area (Å²) in [5, 5.41) is 0. The highest BCUT2D eigenvalue weighted by Gasteiger charge is 2.29. The van der Waals surface area contributed by atoms with Crippen molar-refractivity contribution < 1.29 is 17.5 Å². The molecule has 1 fully saturated rings. The molecular weight excluding hydrogens is 411 g/mol. The molecule has 0 atom stereocenters. The summed E-state index contributed by atoms with van der Waals surface area (Å²) in [5.74, 6) is 0.279. The van der Waals surface area contributed by atoms with Crippen molar-refractivity contribution in [1.29, 1.82) is 0 Å². The van der Waals surface area contributed by atoms with Gasteiger partial charge in [-0.1, -0.05) is 12.1 Å². The third-order valence-electron chi connectivity index (χ3n) is 4.19. The molecule has 25 heavy (non-hydrogen) atoms. The van der Waals surface area contributed by atoms with Gasteiger partial charge < -0.3 is 9.64 Å². The summed E-state index contributed by atoms with van der Waals surface area (Å²) in [4.78, 5) is 2.07. The van der Waals surface area contributed by atoms with E-state index in [0.717, 1.165) is 0 Å². The van der Waals surface area contributed by atoms with Crippen LogP contribution in [0.3, 0.4) is 0 Å². The first-order valence-corrected chi connectivity index (χ1v) is 10.00. The van der Waals surface area contributed by atoms with Crippen molar-refractivity contribution >= 4 is 31.6 Å². The van der Waals surface area contributed by atoms with Crippen LogP contribution in [0.15, 0.2) is 51.8 Å². The lowest BCUT2D eigenvalue weighted by Gasteiger charge is -2.35. The number of anilines is 1. The smallest absolute Gasteiger partial charge is 0.243 e. The van der Waals surface area contributed by atoms with Gasteiger partial charge in [-0.15, -0.1) is 0 Å². The number of sulfonamides is 1. The molecule has 0 spiro atoms. The van der Waals surface area contributed by atoms with Crippen LogP contribution >= 0.6 is 15.9 Å². The van der Waals surface area contributed by atoms with Crippen LogP contribution in [-0.4, -0.2) is 46.0 Å². The minimum atomic E-state index is -3.60. The number of ether oxygens (including phenoxy) is 1. The number of methoxy groups -OCH3 is 1. The second-order valence-electron chi connectivity index (χ2n) is 5.64. The lowest BCUT2D eigenvalue weighted by Crippen LogP contribution is -2.48. The highest BCUT2D eigenvalue weighted by Crippen LogP contribution is 2.29. The third kappa shape index (κ3) is 3.65. The van der Waals surface area contributed by atoms with Crippen molar-refractivity contribution in [3.8, 4) is 5.75 Å². The summed E-state index contributed by atoms with van der Waals surface area (Å²) in [5.41, 5.74) is 0.506. The molecule has 134 valence electrons. The summed E-state index contributed by atoms with van der Waals surface area (Å²) < 4.78 is 46.7. The maximum absolute atomic E-state index is 13.9. The van der Waals surface area contributed by atoms with Gasteiger partial charge in [0.1, 0.15) is 11.6 Å². The van der Waals surface area contributed by atoms with Gasteiger partial charge >= 0.3 is 0 Å². The number of halogens is 2. The van der Waals surface area contributed by atoms with Gasteiger partial charge in [0.05, 0.1) is 22.2 Å². The van der Waals surface area contributed by atoms with E-state index in [1.807, 2.05) is 4.90 Å². The number of hydrogen-bond acceptors (Lipinski definition) is 4. The molecule has 2 aromatic rings. The monoisotopic (exact) mass is 428 g/mol. The van der Waals surface area contributed by atoms with Crippen molar-refractivity contribution in [2.24, 2.45) is 0 Å². The van der Waals surface area contributed by atoms with E-state index in [2.05, 4.69) is 15.9 Å². The average Bonchev–Trinajstić information content (AvgIpc) is 2.62. The summed E-state index contributed by atoms with van der Waals surface area (Å²) in [6, 6.07) is 11.2. The molecule has 0 amide bonds. The molecule has 0 aliphatic carbocycles. The van der Waals surface area contributed by atoms with Crippen LogP contribution in [0.1, 0.15) is 0 Å². The average molecular weight is 429 g/mol. The van der Waals surface area contributed by atoms with E-state index in [-0.39, 0.29) is 10.7 Å². The predicted molar refractivity (Wildman–Crippen MR) is 98.1 cm³/mol. The quantitative estimate of drug-likeness (QED) is 0.750. The minimum Gasteiger partial charge on any atom is -0.496 e. The van der Waals surface area contributed by atoms with E-state index in [1.54, 1.807) is 24.3 Å². The van der Waals surface area contributed by atoms with Crippen molar-refractivity contribution in [3.63, 3.8) is 0 Å². The Morgan fingerprint density at radius 3 is 2.36 bits per heavy atom. The van der Waals surface area contributed by atoms with Gasteiger partial charge in [-0.3, -0.25) is 0 Å². The Kier molecular flexibility index (Phi) is 5.31. The number of benzene rings is 2. The van der Waals surface area contributed by atoms with Crippen LogP contribution in [0.5, 0.6) is 5.75 Å². The highest BCUT2D eigenvalue weighted by atomic mass is 79.9. The molecule has 0 saturated carbocycles. The Balaban J connectivity index is 1.76. The van der Waals surface area contributed by atoms with E-state index in [0.29, 0.717) is 42.1 Å². The third-order valence-corrected chi connectivity index (χ3v) is 6.71. The summed E-state index contributed by atoms with van der Waals surface area (Å²) >= 11 is 3.31. The Morgan fingerprint density at radius 2 is 1.76 bits per heavy atom. The second kappa shape index (κ2) is 7.31. The lowest BCUT2D eigenvalue weighted by molar-refractivity contribution is 0.383. The highest BCUT2D eigenvalue weighted by molar-refractivity contribution is 9.10. The molecule has 1 saturated heterocycles. The van der Waals surface area contributed by atoms with Crippen LogP contribution < -0.4 is 9.64 Å². The molecule has 2 aromatic carbocycles. The fourth-order valence-electron chi connectivity index (χ4n) is 2.83. The van der Waals surface area contributed by atoms with E-state index in [1.165, 1.54) is 29.6 Å². The number of rotatable bonds is 4. The fourth-order valence-corrected chi connectivity index (χ4v) is 4.98. The van der Waals surface area contributed by atoms with Crippen LogP contribution in [0.25, 0.3) is 0 Å². The molecule has 1 aliphatic heterocycles. The normalized spacial score (nSPS) is 16.0. The number of nitrogens with zero attached hydrogens (tertiary/aromatic N) is 2. The molecule has 0 aromatic heterocycles. The van der Waals surface area contributed by atoms with E-state index in [4.69, 9.17) is 4.74 Å². The molecule has 0 bridgehead atoms. The van der Waals surface area contributed by atoms with Gasteiger partial charge in [0.2, 0.25) is 10.0 Å². The van der Waals surface area contributed by atoms with Crippen LogP contribution in [-0.2, 0) is 10.0 Å². The number of para-hydroxylation sites is 1. The van der Waals surface area contributed by atoms with Gasteiger partial charge in [-0.25, -0.2) is 12.8 Å². The molecule has 0 unspecified atom stereocenters. The van der Waals surface area contributed by atoms with Crippen molar-refractivity contribution in [1.82, 2.24) is 4.31 Å². The van der Waals surface area contributed by atoms with Crippen LogP contribution in [0.4, 0.5) is 10.1 Å². The maximum Gasteiger partial charge on any atom is 0.243 e. The standard InChI is InChI=1S/C17H18BrFN2O3S/c1-24-17-7-6-13(12-14(17)18)25(22,23)21-10-8-20(9-11-21)16-5-3-2-4-15(16)19/h2-7,12H,8-11H2,1H3. The molecule has 0 radical (unpaired) electrons. The largest absolute Gasteiger partial charge is 0.496 e. The van der Waals surface area contributed by atoms with Gasteiger partial charge in [0.25, 0.3) is 0 Å². The zero-order valence-corrected chi connectivity index (χ0v) is 16.1. The van der Waals surface area contributed by atoms with Crippen molar-refractivity contribution in [2.75, 3.05) is 38.2 Å². The van der Waals surface area contributed by atoms with Gasteiger partial charge in [0, 0.05) is 26.2 Å². The summed E-state index contributed by atoms with van der Waals surface area (Å²) in [7, 11) is -2.07. The van der Waals surface area contributed by atoms with Crippen molar-refractivity contribution in [2.45, 2.75) is 4.90 Å². The van der Waals surface area contributed by atoms with Crippen LogP contribution in [0.2, 0.25) is 0 Å². The summed E-state index contributed by atoms with van der Waals surface area (Å²) in [6.07, 6.45) is 0. The van der Waals surface area contributed by atoms with Gasteiger partial charge in [-0.2, -0.15) is 4.31 Å². The molecule has 3 rings (SSSR count). The van der Waals surface area contributed by atoms with Crippen molar-refractivity contribution in [3.05, 3.63) is 52.8 Å². The molecule has 5 nitrogen and oxygen atoms in total. The molecule has 0 N–H and O–H groups in total. The molecule has 1 heterocycles. The topological polar surface area (TPSA) is 49.9 Å². The maximum atomic E-state index is 13.9. The zero-order chi connectivity index (χ0) is 18.0. The number of piperazine rings is 1. The SMILES string of the molecule is COc1ccc(S(=O)(=O)N2CCN(c3ccccc3F)CC2)cc1Br. The van der Waals surface area contributed by atoms with Crippen LogP contribution in [0, 0.1) is 5.82 Å². The second-order valence-corrected chi connectivity index (χ2v) is 8.43. The fraction of sp³-hybridized carbons (Fsp3) is 0.294. The predicted octanol–water partition coefficient (Wildman–Crippen LogP) is 3.11. The Labute approximate surface area is 155 Å². The first-order valence-electron chi connectivity index (χ1n) is 7.76. The first kappa shape index (κ1) is 18.2. The Bertz CT molecular complexity index is 868. The Hall–Kier alpha value is -1.64.